The molecule has 1 rings (SSSR count). The Balaban J connectivity index is 2.41. The number of carbonyl (C=O) groups is 1. The van der Waals surface area contributed by atoms with Crippen LogP contribution < -0.4 is 5.32 Å². The number of allylic oxidation sites excluding steroid dienone is 1. The van der Waals surface area contributed by atoms with Crippen LogP contribution in [0.15, 0.2) is 28.5 Å². The molecule has 1 atom stereocenters. The van der Waals surface area contributed by atoms with Crippen LogP contribution in [-0.2, 0) is 4.79 Å². The molecule has 0 saturated heterocycles. The Morgan fingerprint density at radius 3 is 2.76 bits per heavy atom. The predicted octanol–water partition coefficient (Wildman–Crippen LogP) is 2.64. The van der Waals surface area contributed by atoms with Gasteiger partial charge in [0.15, 0.2) is 0 Å². The highest BCUT2D eigenvalue weighted by molar-refractivity contribution is 7.07. The SMILES string of the molecule is CCC(=CC(=O)NCC(O)c1ccsc1)CC. The molecule has 0 radical (unpaired) electrons. The Morgan fingerprint density at radius 1 is 1.53 bits per heavy atom. The molecule has 1 aromatic heterocycles. The van der Waals surface area contributed by atoms with Gasteiger partial charge in [-0.15, -0.1) is 0 Å². The Morgan fingerprint density at radius 2 is 2.24 bits per heavy atom. The molecule has 17 heavy (non-hydrogen) atoms. The zero-order chi connectivity index (χ0) is 12.7. The van der Waals surface area contributed by atoms with Crippen molar-refractivity contribution in [3.8, 4) is 0 Å². The van der Waals surface area contributed by atoms with Crippen LogP contribution in [0.25, 0.3) is 0 Å². The molecule has 0 fully saturated rings. The molecule has 0 aliphatic heterocycles. The number of amides is 1. The number of aliphatic hydroxyl groups excluding tert-OH is 1. The van der Waals surface area contributed by atoms with Crippen LogP contribution in [-0.4, -0.2) is 17.6 Å². The maximum atomic E-state index is 11.5. The Hall–Kier alpha value is -1.13. The minimum Gasteiger partial charge on any atom is -0.387 e. The van der Waals surface area contributed by atoms with Gasteiger partial charge in [-0.05, 0) is 35.2 Å². The molecule has 3 nitrogen and oxygen atoms in total. The fraction of sp³-hybridized carbons (Fsp3) is 0.462. The molecular weight excluding hydrogens is 234 g/mol. The van der Waals surface area contributed by atoms with Gasteiger partial charge in [-0.1, -0.05) is 19.4 Å². The summed E-state index contributed by atoms with van der Waals surface area (Å²) in [4.78, 5) is 11.5. The normalized spacial score (nSPS) is 11.9. The van der Waals surface area contributed by atoms with E-state index in [4.69, 9.17) is 0 Å². The van der Waals surface area contributed by atoms with Gasteiger partial charge in [0.1, 0.15) is 0 Å². The summed E-state index contributed by atoms with van der Waals surface area (Å²) in [6.45, 7) is 4.32. The van der Waals surface area contributed by atoms with Gasteiger partial charge in [-0.25, -0.2) is 0 Å². The Kier molecular flexibility index (Phi) is 5.94. The van der Waals surface area contributed by atoms with Gasteiger partial charge in [-0.3, -0.25) is 4.79 Å². The lowest BCUT2D eigenvalue weighted by molar-refractivity contribution is -0.117. The molecule has 94 valence electrons. The van der Waals surface area contributed by atoms with Gasteiger partial charge < -0.3 is 10.4 Å². The molecule has 0 saturated carbocycles. The summed E-state index contributed by atoms with van der Waals surface area (Å²) in [5, 5.41) is 16.3. The van der Waals surface area contributed by atoms with Crippen molar-refractivity contribution in [2.75, 3.05) is 6.54 Å². The third kappa shape index (κ3) is 4.71. The summed E-state index contributed by atoms with van der Waals surface area (Å²) >= 11 is 1.54. The van der Waals surface area contributed by atoms with Crippen molar-refractivity contribution < 1.29 is 9.90 Å². The second-order valence-electron chi connectivity index (χ2n) is 3.83. The first-order valence-corrected chi connectivity index (χ1v) is 6.79. The fourth-order valence-corrected chi connectivity index (χ4v) is 2.18. The van der Waals surface area contributed by atoms with E-state index in [1.165, 1.54) is 11.3 Å². The second-order valence-corrected chi connectivity index (χ2v) is 4.61. The lowest BCUT2D eigenvalue weighted by Crippen LogP contribution is -2.26. The first-order valence-electron chi connectivity index (χ1n) is 5.84. The highest BCUT2D eigenvalue weighted by atomic mass is 32.1. The largest absolute Gasteiger partial charge is 0.387 e. The second kappa shape index (κ2) is 7.25. The zero-order valence-corrected chi connectivity index (χ0v) is 11.1. The number of hydrogen-bond donors (Lipinski definition) is 2. The molecule has 4 heteroatoms. The topological polar surface area (TPSA) is 49.3 Å². The number of carbonyl (C=O) groups excluding carboxylic acids is 1. The van der Waals surface area contributed by atoms with E-state index in [-0.39, 0.29) is 12.5 Å². The van der Waals surface area contributed by atoms with E-state index in [0.717, 1.165) is 24.0 Å². The molecule has 1 amide bonds. The van der Waals surface area contributed by atoms with E-state index >= 15 is 0 Å². The molecule has 0 aliphatic carbocycles. The highest BCUT2D eigenvalue weighted by Gasteiger charge is 2.08. The summed E-state index contributed by atoms with van der Waals surface area (Å²) in [7, 11) is 0. The number of rotatable bonds is 6. The van der Waals surface area contributed by atoms with Crippen LogP contribution in [0.4, 0.5) is 0 Å². The fourth-order valence-electron chi connectivity index (χ4n) is 1.47. The lowest BCUT2D eigenvalue weighted by atomic mass is 10.1. The molecule has 1 aromatic rings. The Bertz CT molecular complexity index is 365. The standard InChI is InChI=1S/C13H19NO2S/c1-3-10(4-2)7-13(16)14-8-12(15)11-5-6-17-9-11/h5-7,9,12,15H,3-4,8H2,1-2H3,(H,14,16). The molecule has 1 unspecified atom stereocenters. The summed E-state index contributed by atoms with van der Waals surface area (Å²) < 4.78 is 0. The van der Waals surface area contributed by atoms with Crippen LogP contribution in [0, 0.1) is 0 Å². The van der Waals surface area contributed by atoms with E-state index in [1.54, 1.807) is 6.08 Å². The molecule has 0 bridgehead atoms. The number of thiophene rings is 1. The van der Waals surface area contributed by atoms with Crippen LogP contribution >= 0.6 is 11.3 Å². The minimum atomic E-state index is -0.620. The van der Waals surface area contributed by atoms with Gasteiger partial charge >= 0.3 is 0 Å². The third-order valence-electron chi connectivity index (χ3n) is 2.64. The maximum absolute atomic E-state index is 11.5. The Labute approximate surface area is 106 Å². The van der Waals surface area contributed by atoms with Crippen molar-refractivity contribution in [3.05, 3.63) is 34.0 Å². The van der Waals surface area contributed by atoms with Gasteiger partial charge in [0.25, 0.3) is 0 Å². The smallest absolute Gasteiger partial charge is 0.244 e. The zero-order valence-electron chi connectivity index (χ0n) is 10.3. The summed E-state index contributed by atoms with van der Waals surface area (Å²) in [6.07, 6.45) is 2.78. The van der Waals surface area contributed by atoms with Crippen LogP contribution in [0.5, 0.6) is 0 Å². The van der Waals surface area contributed by atoms with Crippen LogP contribution in [0.1, 0.15) is 38.4 Å². The summed E-state index contributed by atoms with van der Waals surface area (Å²) in [6, 6.07) is 1.86. The van der Waals surface area contributed by atoms with Gasteiger partial charge in [0.05, 0.1) is 6.10 Å². The van der Waals surface area contributed by atoms with Crippen LogP contribution in [0.2, 0.25) is 0 Å². The highest BCUT2D eigenvalue weighted by Crippen LogP contribution is 2.15. The van der Waals surface area contributed by atoms with Crippen molar-refractivity contribution in [2.45, 2.75) is 32.8 Å². The molecule has 0 aromatic carbocycles. The van der Waals surface area contributed by atoms with Crippen molar-refractivity contribution in [1.82, 2.24) is 5.32 Å². The number of nitrogens with one attached hydrogen (secondary N) is 1. The van der Waals surface area contributed by atoms with E-state index in [1.807, 2.05) is 30.7 Å². The average Bonchev–Trinajstić information content (AvgIpc) is 2.86. The van der Waals surface area contributed by atoms with E-state index in [0.29, 0.717) is 0 Å². The molecular formula is C13H19NO2S. The molecule has 2 N–H and O–H groups in total. The van der Waals surface area contributed by atoms with Gasteiger partial charge in [0, 0.05) is 12.6 Å². The quantitative estimate of drug-likeness (QED) is 0.766. The number of aliphatic hydroxyl groups is 1. The predicted molar refractivity (Wildman–Crippen MR) is 71.0 cm³/mol. The summed E-state index contributed by atoms with van der Waals surface area (Å²) in [5.41, 5.74) is 1.97. The van der Waals surface area contributed by atoms with E-state index < -0.39 is 6.10 Å². The first kappa shape index (κ1) is 13.9. The van der Waals surface area contributed by atoms with E-state index in [2.05, 4.69) is 5.32 Å². The van der Waals surface area contributed by atoms with E-state index in [9.17, 15) is 9.90 Å². The van der Waals surface area contributed by atoms with Crippen molar-refractivity contribution in [3.63, 3.8) is 0 Å². The lowest BCUT2D eigenvalue weighted by Gasteiger charge is -2.09. The average molecular weight is 253 g/mol. The number of hydrogen-bond acceptors (Lipinski definition) is 3. The third-order valence-corrected chi connectivity index (χ3v) is 3.34. The van der Waals surface area contributed by atoms with Gasteiger partial charge in [0.2, 0.25) is 5.91 Å². The molecule has 0 spiro atoms. The first-order chi connectivity index (χ1) is 8.17. The van der Waals surface area contributed by atoms with Crippen molar-refractivity contribution in [1.29, 1.82) is 0 Å². The van der Waals surface area contributed by atoms with Crippen molar-refractivity contribution in [2.24, 2.45) is 0 Å². The summed E-state index contributed by atoms with van der Waals surface area (Å²) in [5.74, 6) is -0.127. The monoisotopic (exact) mass is 253 g/mol. The van der Waals surface area contributed by atoms with Crippen molar-refractivity contribution >= 4 is 17.2 Å². The maximum Gasteiger partial charge on any atom is 0.244 e. The molecule has 0 aliphatic rings. The van der Waals surface area contributed by atoms with Gasteiger partial charge in [-0.2, -0.15) is 11.3 Å². The minimum absolute atomic E-state index is 0.127. The molecule has 1 heterocycles. The van der Waals surface area contributed by atoms with Crippen LogP contribution in [0.3, 0.4) is 0 Å².